The third kappa shape index (κ3) is 5.21. The fourth-order valence-electron chi connectivity index (χ4n) is 5.51. The predicted octanol–water partition coefficient (Wildman–Crippen LogP) is 8.75. The number of methoxy groups -OCH3 is 1. The smallest absolute Gasteiger partial charge is 0.175 e. The highest BCUT2D eigenvalue weighted by molar-refractivity contribution is 9.10. The molecule has 0 amide bonds. The number of para-hydroxylation sites is 1. The van der Waals surface area contributed by atoms with E-state index in [1.54, 1.807) is 31.5 Å². The largest absolute Gasteiger partial charge is 0.493 e. The molecule has 0 radical (unpaired) electrons. The first-order chi connectivity index (χ1) is 19.1. The lowest BCUT2D eigenvalue weighted by Crippen LogP contribution is -2.28. The van der Waals surface area contributed by atoms with E-state index in [1.807, 2.05) is 12.1 Å². The Morgan fingerprint density at radius 3 is 2.64 bits per heavy atom. The Hall–Kier alpha value is -3.90. The van der Waals surface area contributed by atoms with Gasteiger partial charge in [0.2, 0.25) is 0 Å². The molecule has 0 saturated carbocycles. The number of nitrogens with zero attached hydrogens (tertiary/aromatic N) is 1. The molecule has 1 heterocycles. The Balaban J connectivity index is 1.17. The number of ether oxygens (including phenoxy) is 2. The maximum Gasteiger partial charge on any atom is 0.175 e. The van der Waals surface area contributed by atoms with Gasteiger partial charge in [-0.15, -0.1) is 0 Å². The minimum Gasteiger partial charge on any atom is -0.493 e. The van der Waals surface area contributed by atoms with Crippen LogP contribution in [0, 0.1) is 11.7 Å². The molecule has 196 valence electrons. The molecule has 1 N–H and O–H groups in total. The van der Waals surface area contributed by atoms with Crippen LogP contribution in [0.4, 0.5) is 15.8 Å². The van der Waals surface area contributed by atoms with Crippen LogP contribution in [0.15, 0.2) is 107 Å². The molecule has 0 spiro atoms. The van der Waals surface area contributed by atoms with Crippen LogP contribution < -0.4 is 14.8 Å². The van der Waals surface area contributed by atoms with Crippen molar-refractivity contribution >= 4 is 33.5 Å². The Labute approximate surface area is 236 Å². The van der Waals surface area contributed by atoms with Crippen LogP contribution in [0.25, 0.3) is 0 Å². The summed E-state index contributed by atoms with van der Waals surface area (Å²) >= 11 is 3.57. The maximum atomic E-state index is 14.0. The lowest BCUT2D eigenvalue weighted by atomic mass is 9.77. The maximum absolute atomic E-state index is 14.0. The molecule has 2 aliphatic rings. The van der Waals surface area contributed by atoms with Crippen molar-refractivity contribution < 1.29 is 13.9 Å². The van der Waals surface area contributed by atoms with E-state index in [0.29, 0.717) is 33.4 Å². The number of anilines is 1. The minimum absolute atomic E-state index is 0.0977. The third-order valence-electron chi connectivity index (χ3n) is 7.47. The summed E-state index contributed by atoms with van der Waals surface area (Å²) in [6.07, 6.45) is 7.55. The average molecular weight is 584 g/mol. The van der Waals surface area contributed by atoms with Crippen molar-refractivity contribution in [3.63, 3.8) is 0 Å². The van der Waals surface area contributed by atoms with E-state index in [4.69, 9.17) is 14.5 Å². The van der Waals surface area contributed by atoms with Gasteiger partial charge in [-0.05, 0) is 81.4 Å². The van der Waals surface area contributed by atoms with Crippen LogP contribution in [0.2, 0.25) is 0 Å². The molecule has 0 aromatic heterocycles. The SMILES string of the molecule is COc1cc(C=Nc2ccc([C@@H]3Nc4ccccc4[C@H]4C=CC[C@@H]43)cc2)cc(Br)c1OCc1ccccc1F. The van der Waals surface area contributed by atoms with Crippen LogP contribution in [-0.2, 0) is 6.61 Å². The van der Waals surface area contributed by atoms with Gasteiger partial charge in [0.1, 0.15) is 12.4 Å². The van der Waals surface area contributed by atoms with Crippen molar-refractivity contribution in [1.82, 2.24) is 0 Å². The second kappa shape index (κ2) is 11.1. The van der Waals surface area contributed by atoms with Crippen LogP contribution in [0.5, 0.6) is 11.5 Å². The van der Waals surface area contributed by atoms with E-state index in [1.165, 1.54) is 22.9 Å². The van der Waals surface area contributed by atoms with Crippen LogP contribution in [0.3, 0.4) is 0 Å². The second-order valence-electron chi connectivity index (χ2n) is 9.83. The van der Waals surface area contributed by atoms with E-state index in [2.05, 4.69) is 81.9 Å². The van der Waals surface area contributed by atoms with E-state index >= 15 is 0 Å². The number of nitrogens with one attached hydrogen (secondary N) is 1. The van der Waals surface area contributed by atoms with Crippen LogP contribution in [-0.4, -0.2) is 13.3 Å². The number of allylic oxidation sites excluding steroid dienone is 2. The molecular formula is C33H28BrFN2O2. The van der Waals surface area contributed by atoms with E-state index in [9.17, 15) is 4.39 Å². The summed E-state index contributed by atoms with van der Waals surface area (Å²) < 4.78 is 26.2. The van der Waals surface area contributed by atoms with Gasteiger partial charge >= 0.3 is 0 Å². The van der Waals surface area contributed by atoms with Crippen molar-refractivity contribution in [3.05, 3.63) is 130 Å². The number of halogens is 2. The molecule has 4 nitrogen and oxygen atoms in total. The average Bonchev–Trinajstić information content (AvgIpc) is 3.46. The highest BCUT2D eigenvalue weighted by atomic mass is 79.9. The van der Waals surface area contributed by atoms with Gasteiger partial charge in [-0.3, -0.25) is 4.99 Å². The van der Waals surface area contributed by atoms with Gasteiger partial charge in [-0.25, -0.2) is 4.39 Å². The summed E-state index contributed by atoms with van der Waals surface area (Å²) in [5.41, 5.74) is 6.07. The standard InChI is InChI=1S/C33H28BrFN2O2/c1-38-31-18-21(17-28(34)33(31)39-20-23-7-2-4-11-29(23)35)19-36-24-15-13-22(14-16-24)32-27-10-6-9-25(27)26-8-3-5-12-30(26)37-32/h2-9,11-19,25,27,32,37H,10,20H2,1H3/t25-,27+,32+/m1/s1. The Morgan fingerprint density at radius 1 is 1.03 bits per heavy atom. The quantitative estimate of drug-likeness (QED) is 0.175. The number of benzene rings is 4. The molecule has 0 bridgehead atoms. The molecule has 0 fully saturated rings. The summed E-state index contributed by atoms with van der Waals surface area (Å²) in [4.78, 5) is 4.69. The first-order valence-electron chi connectivity index (χ1n) is 13.0. The molecule has 3 atom stereocenters. The molecule has 4 aromatic carbocycles. The van der Waals surface area contributed by atoms with Gasteiger partial charge in [0.15, 0.2) is 11.5 Å². The molecule has 1 aliphatic carbocycles. The number of rotatable bonds is 7. The molecule has 4 aromatic rings. The van der Waals surface area contributed by atoms with E-state index < -0.39 is 0 Å². The van der Waals surface area contributed by atoms with Gasteiger partial charge in [0.25, 0.3) is 0 Å². The lowest BCUT2D eigenvalue weighted by molar-refractivity contribution is 0.278. The monoisotopic (exact) mass is 582 g/mol. The molecule has 6 heteroatoms. The number of hydrogen-bond acceptors (Lipinski definition) is 4. The fourth-order valence-corrected chi connectivity index (χ4v) is 6.08. The van der Waals surface area contributed by atoms with Gasteiger partial charge in [0, 0.05) is 23.4 Å². The summed E-state index contributed by atoms with van der Waals surface area (Å²) in [5.74, 6) is 1.73. The predicted molar refractivity (Wildman–Crippen MR) is 158 cm³/mol. The van der Waals surface area contributed by atoms with Crippen LogP contribution >= 0.6 is 15.9 Å². The topological polar surface area (TPSA) is 42.8 Å². The minimum atomic E-state index is -0.300. The Morgan fingerprint density at radius 2 is 1.82 bits per heavy atom. The second-order valence-corrected chi connectivity index (χ2v) is 10.7. The van der Waals surface area contributed by atoms with Crippen molar-refractivity contribution in [1.29, 1.82) is 0 Å². The molecule has 1 aliphatic heterocycles. The lowest BCUT2D eigenvalue weighted by Gasteiger charge is -2.37. The summed E-state index contributed by atoms with van der Waals surface area (Å²) in [6.45, 7) is 0.0977. The number of hydrogen-bond donors (Lipinski definition) is 1. The molecule has 0 unspecified atom stereocenters. The summed E-state index contributed by atoms with van der Waals surface area (Å²) in [5, 5.41) is 3.78. The normalized spacial score (nSPS) is 19.4. The Kier molecular flexibility index (Phi) is 7.20. The van der Waals surface area contributed by atoms with E-state index in [-0.39, 0.29) is 18.5 Å². The molecule has 0 saturated heterocycles. The van der Waals surface area contributed by atoms with Crippen molar-refractivity contribution in [3.8, 4) is 11.5 Å². The number of aliphatic imine (C=N–C) groups is 1. The zero-order valence-electron chi connectivity index (χ0n) is 21.5. The fraction of sp³-hybridized carbons (Fsp3) is 0.182. The third-order valence-corrected chi connectivity index (χ3v) is 8.06. The van der Waals surface area contributed by atoms with Gasteiger partial charge in [-0.2, -0.15) is 0 Å². The molecule has 6 rings (SSSR count). The van der Waals surface area contributed by atoms with Crippen molar-refractivity contribution in [2.75, 3.05) is 12.4 Å². The van der Waals surface area contributed by atoms with Crippen molar-refractivity contribution in [2.45, 2.75) is 25.0 Å². The Bertz CT molecular complexity index is 1550. The number of fused-ring (bicyclic) bond motifs is 3. The zero-order chi connectivity index (χ0) is 26.8. The summed E-state index contributed by atoms with van der Waals surface area (Å²) in [7, 11) is 1.58. The van der Waals surface area contributed by atoms with Crippen LogP contribution in [0.1, 0.15) is 40.6 Å². The first kappa shape index (κ1) is 25.4. The molecule has 39 heavy (non-hydrogen) atoms. The van der Waals surface area contributed by atoms with E-state index in [0.717, 1.165) is 17.7 Å². The van der Waals surface area contributed by atoms with Gasteiger partial charge < -0.3 is 14.8 Å². The van der Waals surface area contributed by atoms with Crippen molar-refractivity contribution in [2.24, 2.45) is 10.9 Å². The zero-order valence-corrected chi connectivity index (χ0v) is 23.1. The molecular weight excluding hydrogens is 555 g/mol. The van der Waals surface area contributed by atoms with Gasteiger partial charge in [0.05, 0.1) is 23.3 Å². The summed E-state index contributed by atoms with van der Waals surface area (Å²) in [6, 6.07) is 27.7. The first-order valence-corrected chi connectivity index (χ1v) is 13.8. The van der Waals surface area contributed by atoms with Gasteiger partial charge in [-0.1, -0.05) is 60.7 Å². The highest BCUT2D eigenvalue weighted by Gasteiger charge is 2.37. The highest BCUT2D eigenvalue weighted by Crippen LogP contribution is 2.49.